The number of hydrogen-bond acceptors (Lipinski definition) is 5. The van der Waals surface area contributed by atoms with E-state index in [0.717, 1.165) is 31.5 Å². The summed E-state index contributed by atoms with van der Waals surface area (Å²) in [4.78, 5) is 11.9. The molecule has 2 aromatic carbocycles. The second kappa shape index (κ2) is 13.1. The minimum Gasteiger partial charge on any atom is -0.391 e. The van der Waals surface area contributed by atoms with Gasteiger partial charge in [-0.05, 0) is 36.0 Å². The van der Waals surface area contributed by atoms with Crippen molar-refractivity contribution in [2.75, 3.05) is 39.1 Å². The molecule has 1 saturated heterocycles. The predicted octanol–water partition coefficient (Wildman–Crippen LogP) is 4.95. The SMILES string of the molecule is CP(=O)(O)CCC=CCCC1C(OCc2ccc(-c3ccccc3)cc2)CC(O)C1N1CCOCC1. The lowest BCUT2D eigenvalue weighted by atomic mass is 9.93. The van der Waals surface area contributed by atoms with E-state index in [1.165, 1.54) is 17.8 Å². The Labute approximate surface area is 215 Å². The Hall–Kier alpha value is -1.79. The van der Waals surface area contributed by atoms with E-state index >= 15 is 0 Å². The molecule has 2 fully saturated rings. The van der Waals surface area contributed by atoms with Crippen molar-refractivity contribution in [1.82, 2.24) is 4.90 Å². The average molecular weight is 514 g/mol. The van der Waals surface area contributed by atoms with E-state index in [1.54, 1.807) is 0 Å². The first-order valence-corrected chi connectivity index (χ1v) is 15.4. The molecule has 6 nitrogen and oxygen atoms in total. The molecule has 0 radical (unpaired) electrons. The van der Waals surface area contributed by atoms with E-state index < -0.39 is 13.5 Å². The fourth-order valence-electron chi connectivity index (χ4n) is 5.46. The van der Waals surface area contributed by atoms with Gasteiger partial charge in [-0.3, -0.25) is 9.46 Å². The lowest BCUT2D eigenvalue weighted by Crippen LogP contribution is -2.50. The third-order valence-electron chi connectivity index (χ3n) is 7.32. The lowest BCUT2D eigenvalue weighted by molar-refractivity contribution is -0.0354. The van der Waals surface area contributed by atoms with Crippen molar-refractivity contribution < 1.29 is 24.0 Å². The van der Waals surface area contributed by atoms with E-state index in [-0.39, 0.29) is 18.1 Å². The highest BCUT2D eigenvalue weighted by Crippen LogP contribution is 2.38. The van der Waals surface area contributed by atoms with Crippen molar-refractivity contribution in [2.24, 2.45) is 5.92 Å². The maximum atomic E-state index is 11.5. The third kappa shape index (κ3) is 7.85. The first-order valence-electron chi connectivity index (χ1n) is 13.1. The molecule has 0 spiro atoms. The van der Waals surface area contributed by atoms with E-state index in [0.29, 0.717) is 38.8 Å². The molecule has 5 atom stereocenters. The number of rotatable bonds is 11. The normalized spacial score (nSPS) is 26.9. The number of ether oxygens (including phenoxy) is 2. The van der Waals surface area contributed by atoms with Crippen molar-refractivity contribution in [3.63, 3.8) is 0 Å². The number of nitrogens with zero attached hydrogens (tertiary/aromatic N) is 1. The molecule has 1 aliphatic carbocycles. The molecular formula is C29H40NO5P. The highest BCUT2D eigenvalue weighted by molar-refractivity contribution is 7.57. The molecule has 36 heavy (non-hydrogen) atoms. The molecule has 4 rings (SSSR count). The zero-order chi connectivity index (χ0) is 25.4. The topological polar surface area (TPSA) is 79.2 Å². The smallest absolute Gasteiger partial charge is 0.197 e. The first kappa shape index (κ1) is 27.3. The van der Waals surface area contributed by atoms with E-state index in [2.05, 4.69) is 47.4 Å². The summed E-state index contributed by atoms with van der Waals surface area (Å²) in [5.41, 5.74) is 3.52. The van der Waals surface area contributed by atoms with Crippen LogP contribution in [0.2, 0.25) is 0 Å². The third-order valence-corrected chi connectivity index (χ3v) is 8.41. The molecule has 2 aliphatic rings. The summed E-state index contributed by atoms with van der Waals surface area (Å²) in [7, 11) is -2.96. The molecule has 196 valence electrons. The van der Waals surface area contributed by atoms with Gasteiger partial charge >= 0.3 is 0 Å². The summed E-state index contributed by atoms with van der Waals surface area (Å²) in [5, 5.41) is 11.0. The van der Waals surface area contributed by atoms with Crippen LogP contribution in [0.25, 0.3) is 11.1 Å². The minimum absolute atomic E-state index is 0.0108. The Balaban J connectivity index is 1.37. The van der Waals surface area contributed by atoms with Crippen molar-refractivity contribution in [3.05, 3.63) is 72.3 Å². The molecular weight excluding hydrogens is 473 g/mol. The second-order valence-corrected chi connectivity index (χ2v) is 12.7. The first-order chi connectivity index (χ1) is 17.4. The number of allylic oxidation sites excluding steroid dienone is 2. The molecule has 2 aromatic rings. The number of aliphatic hydroxyl groups is 1. The van der Waals surface area contributed by atoms with Gasteiger partial charge in [0, 0.05) is 44.3 Å². The summed E-state index contributed by atoms with van der Waals surface area (Å²) < 4.78 is 23.5. The highest BCUT2D eigenvalue weighted by atomic mass is 31.2. The van der Waals surface area contributed by atoms with Crippen molar-refractivity contribution in [2.45, 2.75) is 50.5 Å². The summed E-state index contributed by atoms with van der Waals surface area (Å²) >= 11 is 0. The summed E-state index contributed by atoms with van der Waals surface area (Å²) in [6.45, 7) is 5.01. The van der Waals surface area contributed by atoms with Crippen LogP contribution < -0.4 is 0 Å². The number of morpholine rings is 1. The van der Waals surface area contributed by atoms with Crippen LogP contribution in [0.1, 0.15) is 31.2 Å². The van der Waals surface area contributed by atoms with Crippen LogP contribution in [0.15, 0.2) is 66.7 Å². The van der Waals surface area contributed by atoms with Gasteiger partial charge in [-0.1, -0.05) is 66.7 Å². The van der Waals surface area contributed by atoms with Gasteiger partial charge in [0.1, 0.15) is 0 Å². The molecule has 1 heterocycles. The highest BCUT2D eigenvalue weighted by Gasteiger charge is 2.45. The van der Waals surface area contributed by atoms with Crippen LogP contribution in [-0.2, 0) is 20.6 Å². The van der Waals surface area contributed by atoms with Crippen LogP contribution in [-0.4, -0.2) is 72.3 Å². The quantitative estimate of drug-likeness (QED) is 0.327. The molecule has 5 unspecified atom stereocenters. The molecule has 2 N–H and O–H groups in total. The Morgan fingerprint density at radius 3 is 2.39 bits per heavy atom. The summed E-state index contributed by atoms with van der Waals surface area (Å²) in [6.07, 6.45) is 7.04. The molecule has 0 bridgehead atoms. The maximum absolute atomic E-state index is 11.5. The number of aliphatic hydroxyl groups excluding tert-OH is 1. The van der Waals surface area contributed by atoms with E-state index in [1.807, 2.05) is 24.3 Å². The van der Waals surface area contributed by atoms with Crippen LogP contribution in [0.5, 0.6) is 0 Å². The minimum atomic E-state index is -2.96. The van der Waals surface area contributed by atoms with Gasteiger partial charge in [0.2, 0.25) is 0 Å². The average Bonchev–Trinajstić information content (AvgIpc) is 3.20. The van der Waals surface area contributed by atoms with Crippen LogP contribution >= 0.6 is 7.37 Å². The Bertz CT molecular complexity index is 1000. The predicted molar refractivity (Wildman–Crippen MR) is 144 cm³/mol. The van der Waals surface area contributed by atoms with Gasteiger partial charge in [0.25, 0.3) is 0 Å². The fourth-order valence-corrected chi connectivity index (χ4v) is 6.09. The Morgan fingerprint density at radius 2 is 1.69 bits per heavy atom. The zero-order valence-corrected chi connectivity index (χ0v) is 22.1. The van der Waals surface area contributed by atoms with Gasteiger partial charge in [-0.25, -0.2) is 0 Å². The van der Waals surface area contributed by atoms with Gasteiger partial charge in [0.05, 0.1) is 32.0 Å². The zero-order valence-electron chi connectivity index (χ0n) is 21.2. The van der Waals surface area contributed by atoms with Crippen LogP contribution in [0.4, 0.5) is 0 Å². The van der Waals surface area contributed by atoms with Crippen molar-refractivity contribution in [3.8, 4) is 11.1 Å². The van der Waals surface area contributed by atoms with Gasteiger partial charge in [0.15, 0.2) is 7.37 Å². The van der Waals surface area contributed by atoms with Crippen molar-refractivity contribution in [1.29, 1.82) is 0 Å². The molecule has 1 aliphatic heterocycles. The van der Waals surface area contributed by atoms with Gasteiger partial charge < -0.3 is 19.5 Å². The largest absolute Gasteiger partial charge is 0.391 e. The van der Waals surface area contributed by atoms with Crippen LogP contribution in [0, 0.1) is 5.92 Å². The Morgan fingerprint density at radius 1 is 1.03 bits per heavy atom. The monoisotopic (exact) mass is 513 g/mol. The van der Waals surface area contributed by atoms with E-state index in [9.17, 15) is 14.6 Å². The van der Waals surface area contributed by atoms with Crippen LogP contribution in [0.3, 0.4) is 0 Å². The lowest BCUT2D eigenvalue weighted by Gasteiger charge is -2.38. The maximum Gasteiger partial charge on any atom is 0.197 e. The van der Waals surface area contributed by atoms with E-state index in [4.69, 9.17) is 9.47 Å². The molecule has 0 amide bonds. The number of benzene rings is 2. The van der Waals surface area contributed by atoms with Gasteiger partial charge in [-0.15, -0.1) is 0 Å². The standard InChI is InChI=1S/C29H40NO5P/c1-36(32,33)20-8-3-2-7-11-26-28(21-27(31)29(26)30-16-18-34-19-17-30)35-22-23-12-14-25(15-13-23)24-9-5-4-6-10-24/h2-6,9-10,12-15,26-29,31H,7-8,11,16-22H2,1H3,(H,32,33). The van der Waals surface area contributed by atoms with Crippen molar-refractivity contribution >= 4 is 7.37 Å². The Kier molecular flexibility index (Phi) is 9.95. The van der Waals surface area contributed by atoms with Gasteiger partial charge in [-0.2, -0.15) is 0 Å². The molecule has 0 aromatic heterocycles. The summed E-state index contributed by atoms with van der Waals surface area (Å²) in [5.74, 6) is 0.224. The molecule has 7 heteroatoms. The summed E-state index contributed by atoms with van der Waals surface area (Å²) in [6, 6.07) is 18.9. The fraction of sp³-hybridized carbons (Fsp3) is 0.517. The second-order valence-electron chi connectivity index (χ2n) is 10.1. The molecule has 1 saturated carbocycles. The number of hydrogen-bond donors (Lipinski definition) is 2.